The molecule has 2 N–H and O–H groups in total. The van der Waals surface area contributed by atoms with E-state index < -0.39 is 26.2 Å². The van der Waals surface area contributed by atoms with Crippen molar-refractivity contribution in [1.29, 1.82) is 0 Å². The summed E-state index contributed by atoms with van der Waals surface area (Å²) in [6.45, 7) is 6.69. The summed E-state index contributed by atoms with van der Waals surface area (Å²) in [4.78, 5) is 4.55. The van der Waals surface area contributed by atoms with Crippen LogP contribution in [0.5, 0.6) is 0 Å². The van der Waals surface area contributed by atoms with Crippen LogP contribution in [0.15, 0.2) is 41.4 Å². The number of hydrogen-bond acceptors (Lipinski definition) is 5. The molecule has 2 aromatic heterocycles. The lowest BCUT2D eigenvalue weighted by molar-refractivity contribution is 0.515. The van der Waals surface area contributed by atoms with Gasteiger partial charge in [0, 0.05) is 17.0 Å². The molecule has 0 amide bonds. The van der Waals surface area contributed by atoms with Gasteiger partial charge in [-0.25, -0.2) is 17.2 Å². The molecule has 6 nitrogen and oxygen atoms in total. The van der Waals surface area contributed by atoms with E-state index in [2.05, 4.69) is 20.5 Å². The highest BCUT2D eigenvalue weighted by Crippen LogP contribution is 2.34. The van der Waals surface area contributed by atoms with Crippen molar-refractivity contribution in [2.75, 3.05) is 5.32 Å². The van der Waals surface area contributed by atoms with Crippen LogP contribution < -0.4 is 5.32 Å². The Balaban J connectivity index is 1.89. The molecule has 30 heavy (non-hydrogen) atoms. The summed E-state index contributed by atoms with van der Waals surface area (Å²) in [5.41, 5.74) is 1.69. The molecule has 0 saturated carbocycles. The van der Waals surface area contributed by atoms with Gasteiger partial charge < -0.3 is 5.32 Å². The fraction of sp³-hybridized carbons (Fsp3) is 0.238. The first-order chi connectivity index (χ1) is 14.0. The van der Waals surface area contributed by atoms with Gasteiger partial charge in [0.25, 0.3) is 0 Å². The Bertz CT molecular complexity index is 1410. The van der Waals surface area contributed by atoms with E-state index in [1.54, 1.807) is 52.1 Å². The van der Waals surface area contributed by atoms with Crippen LogP contribution in [0.1, 0.15) is 26.3 Å². The largest absolute Gasteiger partial charge is 0.338 e. The Morgan fingerprint density at radius 2 is 1.80 bits per heavy atom. The van der Waals surface area contributed by atoms with Crippen molar-refractivity contribution in [3.8, 4) is 0 Å². The minimum absolute atomic E-state index is 0.0531. The molecular weight excluding hydrogens is 410 g/mol. The maximum atomic E-state index is 14.0. The number of anilines is 2. The van der Waals surface area contributed by atoms with Gasteiger partial charge in [-0.05, 0) is 63.6 Å². The van der Waals surface area contributed by atoms with Crippen LogP contribution in [0.3, 0.4) is 0 Å². The summed E-state index contributed by atoms with van der Waals surface area (Å²) < 4.78 is 52.6. The molecule has 0 bridgehead atoms. The molecule has 0 saturated heterocycles. The Labute approximate surface area is 172 Å². The zero-order chi connectivity index (χ0) is 21.8. The molecule has 0 unspecified atom stereocenters. The number of hydrogen-bond donors (Lipinski definition) is 2. The normalized spacial score (nSPS) is 12.6. The first-order valence-corrected chi connectivity index (χ1v) is 10.7. The summed E-state index contributed by atoms with van der Waals surface area (Å²) in [7, 11) is -3.59. The molecule has 2 aromatic carbocycles. The smallest absolute Gasteiger partial charge is 0.184 e. The molecule has 0 aliphatic heterocycles. The maximum absolute atomic E-state index is 14.0. The number of sulfone groups is 1. The monoisotopic (exact) mass is 430 g/mol. The second-order valence-electron chi connectivity index (χ2n) is 8.09. The predicted molar refractivity (Wildman–Crippen MR) is 113 cm³/mol. The number of aromatic nitrogens is 3. The third-order valence-electron chi connectivity index (χ3n) is 5.02. The fourth-order valence-corrected chi connectivity index (χ4v) is 4.67. The Hall–Kier alpha value is -3.07. The number of aromatic amines is 1. The molecule has 0 atom stereocenters. The average Bonchev–Trinajstić information content (AvgIpc) is 3.07. The van der Waals surface area contributed by atoms with Gasteiger partial charge in [-0.15, -0.1) is 0 Å². The standard InChI is InChI=1S/C21H20F2N4O2S/c1-11-9-16-13(10-17(11)30(28,29)21(2,3)4)15(7-8-24-16)25-20-12-5-6-14(22)18(23)19(12)26-27-20/h5-10H,1-4H3,(H2,24,25,26,27). The van der Waals surface area contributed by atoms with Crippen LogP contribution in [0, 0.1) is 18.6 Å². The number of aryl methyl sites for hydroxylation is 1. The second-order valence-corrected chi connectivity index (χ2v) is 10.8. The third-order valence-corrected chi connectivity index (χ3v) is 7.65. The fourth-order valence-electron chi connectivity index (χ4n) is 3.26. The van der Waals surface area contributed by atoms with E-state index in [4.69, 9.17) is 0 Å². The number of pyridine rings is 1. The molecule has 9 heteroatoms. The van der Waals surface area contributed by atoms with Gasteiger partial charge >= 0.3 is 0 Å². The van der Waals surface area contributed by atoms with Crippen LogP contribution in [-0.2, 0) is 9.84 Å². The van der Waals surface area contributed by atoms with Crippen LogP contribution in [0.4, 0.5) is 20.3 Å². The summed E-state index contributed by atoms with van der Waals surface area (Å²) in [5.74, 6) is -1.70. The zero-order valence-corrected chi connectivity index (χ0v) is 17.7. The van der Waals surface area contributed by atoms with Gasteiger partial charge in [-0.2, -0.15) is 5.10 Å². The first kappa shape index (κ1) is 20.2. The number of nitrogens with zero attached hydrogens (tertiary/aromatic N) is 2. The number of halogens is 2. The van der Waals surface area contributed by atoms with Gasteiger partial charge in [0.2, 0.25) is 0 Å². The Morgan fingerprint density at radius 3 is 2.50 bits per heavy atom. The van der Waals surface area contributed by atoms with E-state index in [0.717, 1.165) is 6.07 Å². The highest BCUT2D eigenvalue weighted by atomic mass is 32.2. The number of nitrogens with one attached hydrogen (secondary N) is 2. The van der Waals surface area contributed by atoms with Crippen LogP contribution in [0.25, 0.3) is 21.8 Å². The van der Waals surface area contributed by atoms with Crippen molar-refractivity contribution in [3.05, 3.63) is 53.7 Å². The number of rotatable bonds is 3. The van der Waals surface area contributed by atoms with Crippen molar-refractivity contribution < 1.29 is 17.2 Å². The third kappa shape index (κ3) is 3.09. The molecule has 2 heterocycles. The maximum Gasteiger partial charge on any atom is 0.184 e. The van der Waals surface area contributed by atoms with Gasteiger partial charge in [-0.1, -0.05) is 0 Å². The van der Waals surface area contributed by atoms with E-state index in [1.165, 1.54) is 6.07 Å². The van der Waals surface area contributed by atoms with E-state index in [1.807, 2.05) is 0 Å². The van der Waals surface area contributed by atoms with E-state index in [0.29, 0.717) is 27.5 Å². The van der Waals surface area contributed by atoms with Crippen LogP contribution in [0.2, 0.25) is 0 Å². The second kappa shape index (κ2) is 6.73. The van der Waals surface area contributed by atoms with Crippen LogP contribution in [-0.4, -0.2) is 28.3 Å². The van der Waals surface area contributed by atoms with E-state index >= 15 is 0 Å². The van der Waals surface area contributed by atoms with E-state index in [9.17, 15) is 17.2 Å². The lowest BCUT2D eigenvalue weighted by atomic mass is 10.1. The summed E-state index contributed by atoms with van der Waals surface area (Å²) >= 11 is 0. The zero-order valence-electron chi connectivity index (χ0n) is 16.8. The Kier molecular flexibility index (Phi) is 4.54. The SMILES string of the molecule is Cc1cc2nccc(Nc3n[nH]c4c(F)c(F)ccc34)c2cc1S(=O)(=O)C(C)(C)C. The quantitative estimate of drug-likeness (QED) is 0.477. The van der Waals surface area contributed by atoms with E-state index in [-0.39, 0.29) is 16.2 Å². The summed E-state index contributed by atoms with van der Waals surface area (Å²) in [6, 6.07) is 7.43. The molecule has 4 aromatic rings. The summed E-state index contributed by atoms with van der Waals surface area (Å²) in [5, 5.41) is 10.6. The molecule has 0 fully saturated rings. The minimum atomic E-state index is -3.59. The van der Waals surface area contributed by atoms with Crippen LogP contribution >= 0.6 is 0 Å². The van der Waals surface area contributed by atoms with Gasteiger partial charge in [0.05, 0.1) is 20.8 Å². The molecule has 0 aliphatic carbocycles. The molecule has 0 radical (unpaired) electrons. The van der Waals surface area contributed by atoms with Crippen molar-refractivity contribution in [3.63, 3.8) is 0 Å². The van der Waals surface area contributed by atoms with Crippen molar-refractivity contribution in [2.24, 2.45) is 0 Å². The van der Waals surface area contributed by atoms with Crippen molar-refractivity contribution in [2.45, 2.75) is 37.3 Å². The number of benzene rings is 2. The molecule has 0 spiro atoms. The average molecular weight is 430 g/mol. The highest BCUT2D eigenvalue weighted by molar-refractivity contribution is 7.92. The van der Waals surface area contributed by atoms with Crippen molar-refractivity contribution in [1.82, 2.24) is 15.2 Å². The first-order valence-electron chi connectivity index (χ1n) is 9.24. The van der Waals surface area contributed by atoms with Gasteiger partial charge in [0.15, 0.2) is 27.3 Å². The van der Waals surface area contributed by atoms with Gasteiger partial charge in [0.1, 0.15) is 5.52 Å². The molecule has 4 rings (SSSR count). The molecule has 0 aliphatic rings. The lowest BCUT2D eigenvalue weighted by Crippen LogP contribution is -2.28. The topological polar surface area (TPSA) is 87.7 Å². The lowest BCUT2D eigenvalue weighted by Gasteiger charge is -2.21. The van der Waals surface area contributed by atoms with Gasteiger partial charge in [-0.3, -0.25) is 10.1 Å². The molecule has 156 valence electrons. The van der Waals surface area contributed by atoms with Crippen molar-refractivity contribution >= 4 is 43.1 Å². The number of H-pyrrole nitrogens is 1. The summed E-state index contributed by atoms with van der Waals surface area (Å²) in [6.07, 6.45) is 1.58. The highest BCUT2D eigenvalue weighted by Gasteiger charge is 2.32. The predicted octanol–water partition coefficient (Wildman–Crippen LogP) is 5.01. The number of fused-ring (bicyclic) bond motifs is 2. The minimum Gasteiger partial charge on any atom is -0.338 e. The Morgan fingerprint density at radius 1 is 1.07 bits per heavy atom. The molecular formula is C21H20F2N4O2S.